The van der Waals surface area contributed by atoms with E-state index in [1.165, 1.54) is 7.11 Å². The molecule has 0 spiro atoms. The van der Waals surface area contributed by atoms with E-state index in [1.807, 2.05) is 0 Å². The van der Waals surface area contributed by atoms with E-state index in [0.29, 0.717) is 11.4 Å². The molecule has 6 nitrogen and oxygen atoms in total. The lowest BCUT2D eigenvalue weighted by atomic mass is 10.2. The Bertz CT molecular complexity index is 417. The molecule has 1 aromatic carbocycles. The van der Waals surface area contributed by atoms with Gasteiger partial charge in [0.1, 0.15) is 0 Å². The second kappa shape index (κ2) is 6.61. The Balaban J connectivity index is 2.60. The number of carbonyl (C=O) groups excluding carboxylic acids is 2. The summed E-state index contributed by atoms with van der Waals surface area (Å²) in [5.74, 6) is -0.119. The minimum Gasteiger partial charge on any atom is -0.453 e. The van der Waals surface area contributed by atoms with Crippen LogP contribution in [0.4, 0.5) is 16.2 Å². The fraction of sp³-hybridized carbons (Fsp3) is 0.333. The summed E-state index contributed by atoms with van der Waals surface area (Å²) in [7, 11) is 3.01. The van der Waals surface area contributed by atoms with Crippen molar-refractivity contribution in [3.63, 3.8) is 0 Å². The molecule has 1 unspecified atom stereocenters. The van der Waals surface area contributed by atoms with Gasteiger partial charge in [-0.25, -0.2) is 4.79 Å². The fourth-order valence-electron chi connectivity index (χ4n) is 1.19. The van der Waals surface area contributed by atoms with Crippen LogP contribution in [0.5, 0.6) is 0 Å². The number of anilines is 2. The van der Waals surface area contributed by atoms with Crippen LogP contribution >= 0.6 is 0 Å². The summed E-state index contributed by atoms with van der Waals surface area (Å²) in [4.78, 5) is 22.5. The van der Waals surface area contributed by atoms with E-state index in [1.54, 1.807) is 38.2 Å². The Morgan fingerprint density at radius 1 is 1.11 bits per heavy atom. The molecule has 0 bridgehead atoms. The highest BCUT2D eigenvalue weighted by Crippen LogP contribution is 2.13. The molecule has 2 amide bonds. The quantitative estimate of drug-likeness (QED) is 0.756. The van der Waals surface area contributed by atoms with E-state index in [0.717, 1.165) is 0 Å². The van der Waals surface area contributed by atoms with Gasteiger partial charge in [0.05, 0.1) is 13.2 Å². The lowest BCUT2D eigenvalue weighted by Gasteiger charge is -2.11. The predicted octanol–water partition coefficient (Wildman–Crippen LogP) is 1.41. The minimum absolute atomic E-state index is 0.119. The summed E-state index contributed by atoms with van der Waals surface area (Å²) >= 11 is 0. The zero-order valence-corrected chi connectivity index (χ0v) is 10.6. The van der Waals surface area contributed by atoms with Gasteiger partial charge in [-0.05, 0) is 38.2 Å². The number of amides is 2. The van der Waals surface area contributed by atoms with Crippen LogP contribution in [0.3, 0.4) is 0 Å². The Labute approximate surface area is 106 Å². The summed E-state index contributed by atoms with van der Waals surface area (Å²) < 4.78 is 4.47. The smallest absolute Gasteiger partial charge is 0.411 e. The van der Waals surface area contributed by atoms with Crippen molar-refractivity contribution in [2.75, 3.05) is 24.8 Å². The molecule has 6 heteroatoms. The van der Waals surface area contributed by atoms with Crippen LogP contribution < -0.4 is 16.0 Å². The predicted molar refractivity (Wildman–Crippen MR) is 69.6 cm³/mol. The largest absolute Gasteiger partial charge is 0.453 e. The first kappa shape index (κ1) is 14.0. The van der Waals surface area contributed by atoms with E-state index in [-0.39, 0.29) is 11.9 Å². The Kier molecular flexibility index (Phi) is 5.13. The Hall–Kier alpha value is -2.08. The molecule has 18 heavy (non-hydrogen) atoms. The van der Waals surface area contributed by atoms with E-state index < -0.39 is 6.09 Å². The molecule has 0 fully saturated rings. The first-order valence-corrected chi connectivity index (χ1v) is 5.50. The van der Waals surface area contributed by atoms with Gasteiger partial charge in [-0.15, -0.1) is 0 Å². The van der Waals surface area contributed by atoms with Crippen LogP contribution in [0.2, 0.25) is 0 Å². The van der Waals surface area contributed by atoms with E-state index >= 15 is 0 Å². The molecular weight excluding hydrogens is 234 g/mol. The van der Waals surface area contributed by atoms with Gasteiger partial charge in [0.25, 0.3) is 0 Å². The molecule has 0 saturated heterocycles. The maximum Gasteiger partial charge on any atom is 0.411 e. The molecular formula is C12H17N3O3. The Morgan fingerprint density at radius 2 is 1.61 bits per heavy atom. The fourth-order valence-corrected chi connectivity index (χ4v) is 1.19. The molecule has 0 saturated carbocycles. The number of methoxy groups -OCH3 is 1. The number of carbonyl (C=O) groups is 2. The van der Waals surface area contributed by atoms with Crippen molar-refractivity contribution < 1.29 is 14.3 Å². The van der Waals surface area contributed by atoms with Crippen molar-refractivity contribution in [2.24, 2.45) is 0 Å². The van der Waals surface area contributed by atoms with E-state index in [4.69, 9.17) is 0 Å². The van der Waals surface area contributed by atoms with Gasteiger partial charge in [0.2, 0.25) is 5.91 Å². The molecule has 98 valence electrons. The summed E-state index contributed by atoms with van der Waals surface area (Å²) in [6.45, 7) is 1.77. The van der Waals surface area contributed by atoms with Crippen molar-refractivity contribution in [3.8, 4) is 0 Å². The van der Waals surface area contributed by atoms with Crippen LogP contribution in [-0.4, -0.2) is 32.2 Å². The molecule has 0 heterocycles. The molecule has 0 aliphatic rings. The lowest BCUT2D eigenvalue weighted by Crippen LogP contribution is -2.35. The van der Waals surface area contributed by atoms with Crippen molar-refractivity contribution in [3.05, 3.63) is 24.3 Å². The third-order valence-corrected chi connectivity index (χ3v) is 2.41. The number of hydrogen-bond acceptors (Lipinski definition) is 4. The molecule has 0 aliphatic carbocycles. The number of likely N-dealkylation sites (N-methyl/N-ethyl adjacent to an activating group) is 1. The lowest BCUT2D eigenvalue weighted by molar-refractivity contribution is -0.117. The summed E-state index contributed by atoms with van der Waals surface area (Å²) in [6, 6.07) is 6.49. The van der Waals surface area contributed by atoms with Crippen LogP contribution in [0.1, 0.15) is 6.92 Å². The topological polar surface area (TPSA) is 79.5 Å². The van der Waals surface area contributed by atoms with Gasteiger partial charge in [-0.2, -0.15) is 0 Å². The maximum absolute atomic E-state index is 11.6. The number of rotatable bonds is 4. The third kappa shape index (κ3) is 4.06. The van der Waals surface area contributed by atoms with Gasteiger partial charge >= 0.3 is 6.09 Å². The first-order chi connectivity index (χ1) is 8.56. The van der Waals surface area contributed by atoms with E-state index in [2.05, 4.69) is 20.7 Å². The monoisotopic (exact) mass is 251 g/mol. The molecule has 0 radical (unpaired) electrons. The van der Waals surface area contributed by atoms with Gasteiger partial charge in [-0.1, -0.05) is 0 Å². The number of nitrogens with one attached hydrogen (secondary N) is 3. The summed E-state index contributed by atoms with van der Waals surface area (Å²) in [5, 5.41) is 8.11. The standard InChI is InChI=1S/C12H17N3O3/c1-8(13-2)11(16)14-9-4-6-10(7-5-9)15-12(17)18-3/h4-8,13H,1-3H3,(H,14,16)(H,15,17). The highest BCUT2D eigenvalue weighted by Gasteiger charge is 2.09. The van der Waals surface area contributed by atoms with Crippen molar-refractivity contribution in [1.82, 2.24) is 5.32 Å². The third-order valence-electron chi connectivity index (χ3n) is 2.41. The minimum atomic E-state index is -0.532. The molecule has 1 rings (SSSR count). The maximum atomic E-state index is 11.6. The second-order valence-corrected chi connectivity index (χ2v) is 3.69. The Morgan fingerprint density at radius 3 is 2.06 bits per heavy atom. The zero-order valence-electron chi connectivity index (χ0n) is 10.6. The zero-order chi connectivity index (χ0) is 13.5. The normalized spacial score (nSPS) is 11.5. The molecule has 0 aromatic heterocycles. The number of benzene rings is 1. The van der Waals surface area contributed by atoms with Gasteiger partial charge in [0, 0.05) is 11.4 Å². The van der Waals surface area contributed by atoms with Gasteiger partial charge in [-0.3, -0.25) is 10.1 Å². The molecule has 1 atom stereocenters. The number of hydrogen-bond donors (Lipinski definition) is 3. The van der Waals surface area contributed by atoms with Crippen LogP contribution in [-0.2, 0) is 9.53 Å². The number of ether oxygens (including phenoxy) is 1. The summed E-state index contributed by atoms with van der Waals surface area (Å²) in [6.07, 6.45) is -0.532. The molecule has 1 aromatic rings. The van der Waals surface area contributed by atoms with Crippen LogP contribution in [0.25, 0.3) is 0 Å². The average molecular weight is 251 g/mol. The van der Waals surface area contributed by atoms with Crippen LogP contribution in [0.15, 0.2) is 24.3 Å². The van der Waals surface area contributed by atoms with Crippen LogP contribution in [0, 0.1) is 0 Å². The average Bonchev–Trinajstić information content (AvgIpc) is 2.39. The second-order valence-electron chi connectivity index (χ2n) is 3.69. The highest BCUT2D eigenvalue weighted by atomic mass is 16.5. The van der Waals surface area contributed by atoms with Gasteiger partial charge in [0.15, 0.2) is 0 Å². The highest BCUT2D eigenvalue weighted by molar-refractivity contribution is 5.94. The summed E-state index contributed by atoms with van der Waals surface area (Å²) in [5.41, 5.74) is 1.26. The van der Waals surface area contributed by atoms with Gasteiger partial charge < -0.3 is 15.4 Å². The van der Waals surface area contributed by atoms with Crippen molar-refractivity contribution in [2.45, 2.75) is 13.0 Å². The molecule has 0 aliphatic heterocycles. The first-order valence-electron chi connectivity index (χ1n) is 5.50. The van der Waals surface area contributed by atoms with Crippen molar-refractivity contribution in [1.29, 1.82) is 0 Å². The molecule has 3 N–H and O–H groups in total. The van der Waals surface area contributed by atoms with E-state index in [9.17, 15) is 9.59 Å². The van der Waals surface area contributed by atoms with Crippen molar-refractivity contribution >= 4 is 23.4 Å². The SMILES string of the molecule is CNC(C)C(=O)Nc1ccc(NC(=O)OC)cc1.